The van der Waals surface area contributed by atoms with Gasteiger partial charge in [0.1, 0.15) is 12.1 Å². The van der Waals surface area contributed by atoms with Crippen molar-refractivity contribution in [1.29, 1.82) is 0 Å². The minimum absolute atomic E-state index is 0.0106. The number of carbonyl (C=O) groups is 4. The molecule has 0 unspecified atom stereocenters. The number of nitrogens with one attached hydrogen (secondary N) is 2. The molecule has 0 radical (unpaired) electrons. The maximum absolute atomic E-state index is 12.9. The molecule has 8 heteroatoms. The molecule has 3 atom stereocenters. The third kappa shape index (κ3) is 4.41. The number of rotatable bonds is 6. The highest BCUT2D eigenvalue weighted by Gasteiger charge is 2.55. The zero-order valence-corrected chi connectivity index (χ0v) is 16.8. The summed E-state index contributed by atoms with van der Waals surface area (Å²) in [5.41, 5.74) is -0.000472. The number of ether oxygens (including phenoxy) is 1. The fourth-order valence-electron chi connectivity index (χ4n) is 3.98. The highest BCUT2D eigenvalue weighted by Crippen LogP contribution is 2.38. The molecule has 1 spiro atoms. The van der Waals surface area contributed by atoms with Gasteiger partial charge in [0.15, 0.2) is 6.10 Å². The molecule has 1 aromatic rings. The van der Waals surface area contributed by atoms with Crippen molar-refractivity contribution in [3.63, 3.8) is 0 Å². The van der Waals surface area contributed by atoms with Crippen molar-refractivity contribution >= 4 is 23.8 Å². The van der Waals surface area contributed by atoms with Gasteiger partial charge >= 0.3 is 12.0 Å². The molecule has 8 nitrogen and oxygen atoms in total. The summed E-state index contributed by atoms with van der Waals surface area (Å²) < 4.78 is 5.14. The highest BCUT2D eigenvalue weighted by molar-refractivity contribution is 6.09. The van der Waals surface area contributed by atoms with Crippen LogP contribution >= 0.6 is 0 Å². The first-order chi connectivity index (χ1) is 13.8. The molecule has 1 aromatic carbocycles. The van der Waals surface area contributed by atoms with Crippen molar-refractivity contribution in [2.75, 3.05) is 6.54 Å². The van der Waals surface area contributed by atoms with Crippen LogP contribution < -0.4 is 10.6 Å². The van der Waals surface area contributed by atoms with E-state index >= 15 is 0 Å². The lowest BCUT2D eigenvalue weighted by Gasteiger charge is -2.36. The molecule has 1 saturated heterocycles. The van der Waals surface area contributed by atoms with E-state index in [0.717, 1.165) is 29.7 Å². The van der Waals surface area contributed by atoms with Crippen LogP contribution in [-0.2, 0) is 25.7 Å². The van der Waals surface area contributed by atoms with Crippen LogP contribution in [-0.4, -0.2) is 46.9 Å². The molecule has 2 aliphatic rings. The molecule has 1 saturated carbocycles. The highest BCUT2D eigenvalue weighted by atomic mass is 16.5. The monoisotopic (exact) mass is 401 g/mol. The second kappa shape index (κ2) is 8.63. The lowest BCUT2D eigenvalue weighted by Crippen LogP contribution is -2.54. The summed E-state index contributed by atoms with van der Waals surface area (Å²) >= 11 is 0. The predicted molar refractivity (Wildman–Crippen MR) is 104 cm³/mol. The fourth-order valence-corrected chi connectivity index (χ4v) is 3.98. The van der Waals surface area contributed by atoms with Crippen molar-refractivity contribution in [2.45, 2.75) is 57.7 Å². The maximum atomic E-state index is 12.9. The van der Waals surface area contributed by atoms with Crippen LogP contribution in [0.4, 0.5) is 4.79 Å². The third-order valence-electron chi connectivity index (χ3n) is 5.78. The van der Waals surface area contributed by atoms with E-state index < -0.39 is 36.1 Å². The van der Waals surface area contributed by atoms with E-state index in [-0.39, 0.29) is 11.8 Å². The number of esters is 1. The summed E-state index contributed by atoms with van der Waals surface area (Å²) in [7, 11) is 0. The number of nitrogens with zero attached hydrogens (tertiary/aromatic N) is 1. The Morgan fingerprint density at radius 1 is 1.28 bits per heavy atom. The first-order valence-electron chi connectivity index (χ1n) is 9.98. The van der Waals surface area contributed by atoms with Crippen molar-refractivity contribution in [1.82, 2.24) is 15.5 Å². The van der Waals surface area contributed by atoms with Gasteiger partial charge in [-0.15, -0.1) is 0 Å². The first-order valence-corrected chi connectivity index (χ1v) is 9.98. The Kier molecular flexibility index (Phi) is 6.20. The Bertz CT molecular complexity index is 797. The van der Waals surface area contributed by atoms with Gasteiger partial charge in [-0.2, -0.15) is 0 Å². The summed E-state index contributed by atoms with van der Waals surface area (Å²) in [5.74, 6) is -1.61. The van der Waals surface area contributed by atoms with Crippen LogP contribution in [0.5, 0.6) is 0 Å². The molecule has 0 bridgehead atoms. The molecule has 29 heavy (non-hydrogen) atoms. The minimum Gasteiger partial charge on any atom is -0.451 e. The first kappa shape index (κ1) is 20.8. The Hall–Kier alpha value is -2.90. The van der Waals surface area contributed by atoms with E-state index in [2.05, 4.69) is 10.6 Å². The van der Waals surface area contributed by atoms with Gasteiger partial charge in [0, 0.05) is 6.54 Å². The topological polar surface area (TPSA) is 105 Å². The van der Waals surface area contributed by atoms with Crippen LogP contribution in [0.25, 0.3) is 0 Å². The average molecular weight is 401 g/mol. The number of hydrogen-bond acceptors (Lipinski definition) is 5. The quantitative estimate of drug-likeness (QED) is 0.558. The summed E-state index contributed by atoms with van der Waals surface area (Å²) in [6.07, 6.45) is 2.26. The van der Waals surface area contributed by atoms with Crippen molar-refractivity contribution in [3.05, 3.63) is 35.9 Å². The van der Waals surface area contributed by atoms with Gasteiger partial charge in [0.2, 0.25) is 0 Å². The van der Waals surface area contributed by atoms with Gasteiger partial charge in [-0.3, -0.25) is 19.3 Å². The molecular weight excluding hydrogens is 374 g/mol. The van der Waals surface area contributed by atoms with Gasteiger partial charge < -0.3 is 15.4 Å². The Morgan fingerprint density at radius 2 is 2.00 bits per heavy atom. The van der Waals surface area contributed by atoms with Gasteiger partial charge in [-0.1, -0.05) is 50.1 Å². The molecule has 2 fully saturated rings. The molecule has 1 aliphatic carbocycles. The summed E-state index contributed by atoms with van der Waals surface area (Å²) in [6.45, 7) is 3.21. The predicted octanol–water partition coefficient (Wildman–Crippen LogP) is 1.74. The van der Waals surface area contributed by atoms with Crippen LogP contribution in [0.3, 0.4) is 0 Å². The van der Waals surface area contributed by atoms with E-state index in [1.807, 2.05) is 37.3 Å². The molecular formula is C21H27N3O5. The van der Waals surface area contributed by atoms with Crippen molar-refractivity contribution < 1.29 is 23.9 Å². The molecule has 0 aromatic heterocycles. The molecule has 1 heterocycles. The fraction of sp³-hybridized carbons (Fsp3) is 0.524. The number of benzene rings is 1. The lowest BCUT2D eigenvalue weighted by atomic mass is 9.73. The minimum atomic E-state index is -1.03. The van der Waals surface area contributed by atoms with E-state index in [9.17, 15) is 19.2 Å². The van der Waals surface area contributed by atoms with Gasteiger partial charge in [-0.25, -0.2) is 4.79 Å². The van der Waals surface area contributed by atoms with E-state index in [4.69, 9.17) is 4.74 Å². The average Bonchev–Trinajstić information content (AvgIpc) is 2.94. The SMILES string of the molecule is C[C@H](OC(=O)CN1C(=O)N[C@]2(CCCC[C@@H]2C)C1=O)C(=O)NCc1ccccc1. The molecule has 4 amide bonds. The molecule has 156 valence electrons. The Labute approximate surface area is 170 Å². The maximum Gasteiger partial charge on any atom is 0.327 e. The summed E-state index contributed by atoms with van der Waals surface area (Å²) in [5, 5.41) is 5.48. The Morgan fingerprint density at radius 3 is 2.69 bits per heavy atom. The van der Waals surface area contributed by atoms with Gasteiger partial charge in [0.25, 0.3) is 11.8 Å². The second-order valence-electron chi connectivity index (χ2n) is 7.78. The van der Waals surface area contributed by atoms with E-state index in [1.54, 1.807) is 0 Å². The zero-order valence-electron chi connectivity index (χ0n) is 16.8. The van der Waals surface area contributed by atoms with E-state index in [1.165, 1.54) is 6.92 Å². The number of hydrogen-bond donors (Lipinski definition) is 2. The largest absolute Gasteiger partial charge is 0.451 e. The Balaban J connectivity index is 1.52. The smallest absolute Gasteiger partial charge is 0.327 e. The standard InChI is InChI=1S/C21H27N3O5/c1-14-8-6-7-11-21(14)19(27)24(20(28)23-21)13-17(25)29-15(2)18(26)22-12-16-9-4-3-5-10-16/h3-5,9-10,14-15H,6-8,11-13H2,1-2H3,(H,22,26)(H,23,28)/t14-,15-,21-/m0/s1. The third-order valence-corrected chi connectivity index (χ3v) is 5.78. The van der Waals surface area contributed by atoms with Crippen molar-refractivity contribution in [2.24, 2.45) is 5.92 Å². The van der Waals surface area contributed by atoms with Crippen LogP contribution in [0, 0.1) is 5.92 Å². The molecule has 3 rings (SSSR count). The number of imide groups is 1. The molecule has 1 aliphatic heterocycles. The normalized spacial score (nSPS) is 24.9. The van der Waals surface area contributed by atoms with Gasteiger partial charge in [0.05, 0.1) is 0 Å². The van der Waals surface area contributed by atoms with Crippen LogP contribution in [0.2, 0.25) is 0 Å². The van der Waals surface area contributed by atoms with Crippen LogP contribution in [0.1, 0.15) is 45.1 Å². The molecule has 2 N–H and O–H groups in total. The number of amides is 4. The number of carbonyl (C=O) groups excluding carboxylic acids is 4. The van der Waals surface area contributed by atoms with E-state index in [0.29, 0.717) is 13.0 Å². The van der Waals surface area contributed by atoms with Crippen molar-refractivity contribution in [3.8, 4) is 0 Å². The van der Waals surface area contributed by atoms with Gasteiger partial charge in [-0.05, 0) is 31.2 Å². The summed E-state index contributed by atoms with van der Waals surface area (Å²) in [4.78, 5) is 50.5. The lowest BCUT2D eigenvalue weighted by molar-refractivity contribution is -0.157. The second-order valence-corrected chi connectivity index (χ2v) is 7.78. The summed E-state index contributed by atoms with van der Waals surface area (Å²) in [6, 6.07) is 8.77. The zero-order chi connectivity index (χ0) is 21.0. The van der Waals surface area contributed by atoms with Crippen LogP contribution in [0.15, 0.2) is 30.3 Å². The number of urea groups is 1.